The van der Waals surface area contributed by atoms with E-state index >= 15 is 0 Å². The van der Waals surface area contributed by atoms with Crippen LogP contribution in [0.25, 0.3) is 5.69 Å². The van der Waals surface area contributed by atoms with Crippen LogP contribution in [0.4, 0.5) is 0 Å². The van der Waals surface area contributed by atoms with E-state index in [9.17, 15) is 4.79 Å². The lowest BCUT2D eigenvalue weighted by Gasteiger charge is -2.18. The van der Waals surface area contributed by atoms with Crippen LogP contribution in [0.15, 0.2) is 41.2 Å². The van der Waals surface area contributed by atoms with Crippen LogP contribution in [-0.2, 0) is 6.54 Å². The Morgan fingerprint density at radius 1 is 1.20 bits per heavy atom. The van der Waals surface area contributed by atoms with Crippen molar-refractivity contribution in [3.8, 4) is 11.4 Å². The fourth-order valence-corrected chi connectivity index (χ4v) is 2.26. The number of benzene rings is 1. The van der Waals surface area contributed by atoms with E-state index in [4.69, 9.17) is 10.5 Å². The molecule has 0 saturated heterocycles. The summed E-state index contributed by atoms with van der Waals surface area (Å²) in [6.45, 7) is 4.35. The predicted octanol–water partition coefficient (Wildman–Crippen LogP) is 2.43. The number of pyridine rings is 1. The lowest BCUT2D eigenvalue weighted by molar-refractivity contribution is 0.412. The number of nitrogens with two attached hydrogens (primary N) is 1. The molecular formula is C16H20N2O2. The Morgan fingerprint density at radius 2 is 1.90 bits per heavy atom. The molecule has 0 aliphatic heterocycles. The minimum Gasteiger partial charge on any atom is -0.495 e. The third kappa shape index (κ3) is 2.47. The van der Waals surface area contributed by atoms with Gasteiger partial charge >= 0.3 is 0 Å². The number of aromatic nitrogens is 1. The Bertz CT molecular complexity index is 660. The molecule has 0 aliphatic carbocycles. The molecule has 0 bridgehead atoms. The van der Waals surface area contributed by atoms with Crippen LogP contribution < -0.4 is 16.0 Å². The minimum absolute atomic E-state index is 0.0804. The zero-order valence-corrected chi connectivity index (χ0v) is 12.1. The molecule has 4 nitrogen and oxygen atoms in total. The minimum atomic E-state index is -0.0804. The van der Waals surface area contributed by atoms with Gasteiger partial charge in [-0.3, -0.25) is 9.36 Å². The van der Waals surface area contributed by atoms with Crippen molar-refractivity contribution in [1.82, 2.24) is 4.57 Å². The van der Waals surface area contributed by atoms with Gasteiger partial charge in [0.15, 0.2) is 0 Å². The van der Waals surface area contributed by atoms with E-state index in [0.29, 0.717) is 11.3 Å². The summed E-state index contributed by atoms with van der Waals surface area (Å²) in [4.78, 5) is 12.6. The fourth-order valence-electron chi connectivity index (χ4n) is 2.26. The molecule has 0 amide bonds. The number of rotatable bonds is 4. The summed E-state index contributed by atoms with van der Waals surface area (Å²) in [5, 5.41) is 0. The Balaban J connectivity index is 2.80. The molecule has 0 aliphatic rings. The maximum Gasteiger partial charge on any atom is 0.259 e. The number of nitrogens with zero attached hydrogens (tertiary/aromatic N) is 1. The van der Waals surface area contributed by atoms with Gasteiger partial charge in [0, 0.05) is 17.8 Å². The topological polar surface area (TPSA) is 57.2 Å². The SMILES string of the molecule is COc1ccccc1-n1c(C(C)C)ccc(CN)c1=O. The Kier molecular flexibility index (Phi) is 4.25. The third-order valence-electron chi connectivity index (χ3n) is 3.33. The number of para-hydroxylation sites is 2. The molecule has 0 spiro atoms. The molecule has 2 aromatic rings. The fraction of sp³-hybridized carbons (Fsp3) is 0.312. The van der Waals surface area contributed by atoms with Gasteiger partial charge in [-0.2, -0.15) is 0 Å². The largest absolute Gasteiger partial charge is 0.495 e. The second-order valence-electron chi connectivity index (χ2n) is 4.95. The van der Waals surface area contributed by atoms with E-state index in [1.165, 1.54) is 0 Å². The third-order valence-corrected chi connectivity index (χ3v) is 3.33. The van der Waals surface area contributed by atoms with Crippen LogP contribution in [0.5, 0.6) is 5.75 Å². The quantitative estimate of drug-likeness (QED) is 0.930. The van der Waals surface area contributed by atoms with Gasteiger partial charge in [0.05, 0.1) is 12.8 Å². The van der Waals surface area contributed by atoms with Crippen LogP contribution in [0.3, 0.4) is 0 Å². The van der Waals surface area contributed by atoms with Crippen molar-refractivity contribution < 1.29 is 4.74 Å². The van der Waals surface area contributed by atoms with Crippen molar-refractivity contribution in [1.29, 1.82) is 0 Å². The van der Waals surface area contributed by atoms with Gasteiger partial charge in [-0.05, 0) is 24.1 Å². The molecule has 0 unspecified atom stereocenters. The molecule has 20 heavy (non-hydrogen) atoms. The Morgan fingerprint density at radius 3 is 2.50 bits per heavy atom. The van der Waals surface area contributed by atoms with E-state index < -0.39 is 0 Å². The molecular weight excluding hydrogens is 252 g/mol. The smallest absolute Gasteiger partial charge is 0.259 e. The highest BCUT2D eigenvalue weighted by atomic mass is 16.5. The van der Waals surface area contributed by atoms with Crippen LogP contribution in [0.1, 0.15) is 31.0 Å². The predicted molar refractivity (Wildman–Crippen MR) is 80.6 cm³/mol. The molecule has 4 heteroatoms. The monoisotopic (exact) mass is 272 g/mol. The highest BCUT2D eigenvalue weighted by Crippen LogP contribution is 2.25. The highest BCUT2D eigenvalue weighted by Gasteiger charge is 2.15. The number of hydrogen-bond acceptors (Lipinski definition) is 3. The first-order valence-corrected chi connectivity index (χ1v) is 6.68. The van der Waals surface area contributed by atoms with E-state index in [0.717, 1.165) is 11.4 Å². The molecule has 2 N–H and O–H groups in total. The van der Waals surface area contributed by atoms with Crippen molar-refractivity contribution in [3.05, 3.63) is 58.0 Å². The Hall–Kier alpha value is -2.07. The van der Waals surface area contributed by atoms with Crippen molar-refractivity contribution in [2.45, 2.75) is 26.3 Å². The van der Waals surface area contributed by atoms with Gasteiger partial charge < -0.3 is 10.5 Å². The zero-order chi connectivity index (χ0) is 14.7. The maximum atomic E-state index is 12.6. The normalized spacial score (nSPS) is 10.8. The van der Waals surface area contributed by atoms with Crippen molar-refractivity contribution in [3.63, 3.8) is 0 Å². The van der Waals surface area contributed by atoms with Crippen LogP contribution in [-0.4, -0.2) is 11.7 Å². The van der Waals surface area contributed by atoms with Crippen molar-refractivity contribution in [2.24, 2.45) is 5.73 Å². The summed E-state index contributed by atoms with van der Waals surface area (Å²) in [7, 11) is 1.60. The van der Waals surface area contributed by atoms with E-state index in [-0.39, 0.29) is 18.0 Å². The van der Waals surface area contributed by atoms with E-state index in [1.54, 1.807) is 11.7 Å². The lowest BCUT2D eigenvalue weighted by atomic mass is 10.1. The summed E-state index contributed by atoms with van der Waals surface area (Å²) < 4.78 is 7.07. The Labute approximate surface area is 118 Å². The molecule has 0 atom stereocenters. The molecule has 2 rings (SSSR count). The average Bonchev–Trinajstić information content (AvgIpc) is 2.46. The van der Waals surface area contributed by atoms with Crippen LogP contribution in [0, 0.1) is 0 Å². The second-order valence-corrected chi connectivity index (χ2v) is 4.95. The van der Waals surface area contributed by atoms with Gasteiger partial charge in [-0.1, -0.05) is 32.0 Å². The summed E-state index contributed by atoms with van der Waals surface area (Å²) in [6.07, 6.45) is 0. The average molecular weight is 272 g/mol. The van der Waals surface area contributed by atoms with Gasteiger partial charge in [0.25, 0.3) is 5.56 Å². The lowest BCUT2D eigenvalue weighted by Crippen LogP contribution is -2.27. The summed E-state index contributed by atoms with van der Waals surface area (Å²) in [6, 6.07) is 11.3. The zero-order valence-electron chi connectivity index (χ0n) is 12.1. The summed E-state index contributed by atoms with van der Waals surface area (Å²) in [5.41, 5.74) is 7.86. The maximum absolute atomic E-state index is 12.6. The molecule has 1 heterocycles. The highest BCUT2D eigenvalue weighted by molar-refractivity contribution is 5.48. The molecule has 0 saturated carbocycles. The van der Waals surface area contributed by atoms with Gasteiger partial charge in [0.1, 0.15) is 5.75 Å². The molecule has 1 aromatic carbocycles. The molecule has 0 fully saturated rings. The van der Waals surface area contributed by atoms with Crippen molar-refractivity contribution >= 4 is 0 Å². The first-order valence-electron chi connectivity index (χ1n) is 6.68. The number of hydrogen-bond donors (Lipinski definition) is 1. The summed E-state index contributed by atoms with van der Waals surface area (Å²) >= 11 is 0. The van der Waals surface area contributed by atoms with Gasteiger partial charge in [-0.15, -0.1) is 0 Å². The first kappa shape index (κ1) is 14.3. The van der Waals surface area contributed by atoms with Gasteiger partial charge in [-0.25, -0.2) is 0 Å². The standard InChI is InChI=1S/C16H20N2O2/c1-11(2)13-9-8-12(10-17)16(19)18(13)14-6-4-5-7-15(14)20-3/h4-9,11H,10,17H2,1-3H3. The summed E-state index contributed by atoms with van der Waals surface area (Å²) in [5.74, 6) is 0.894. The van der Waals surface area contributed by atoms with Crippen LogP contribution in [0.2, 0.25) is 0 Å². The van der Waals surface area contributed by atoms with Gasteiger partial charge in [0.2, 0.25) is 0 Å². The number of methoxy groups -OCH3 is 1. The molecule has 0 radical (unpaired) electrons. The molecule has 106 valence electrons. The van der Waals surface area contributed by atoms with Crippen LogP contribution >= 0.6 is 0 Å². The van der Waals surface area contributed by atoms with Crippen molar-refractivity contribution in [2.75, 3.05) is 7.11 Å². The first-order chi connectivity index (χ1) is 9.60. The molecule has 1 aromatic heterocycles. The van der Waals surface area contributed by atoms with E-state index in [1.807, 2.05) is 36.4 Å². The number of ether oxygens (including phenoxy) is 1. The van der Waals surface area contributed by atoms with E-state index in [2.05, 4.69) is 13.8 Å². The second kappa shape index (κ2) is 5.92.